The number of carbonyl (C=O) groups is 1. The molecule has 0 unspecified atom stereocenters. The first kappa shape index (κ1) is 26.5. The number of pyridine rings is 2. The van der Waals surface area contributed by atoms with E-state index in [1.54, 1.807) is 18.6 Å². The van der Waals surface area contributed by atoms with Crippen molar-refractivity contribution in [3.63, 3.8) is 0 Å². The molecule has 0 aliphatic heterocycles. The Balaban J connectivity index is 1.45. The fourth-order valence-corrected chi connectivity index (χ4v) is 3.88. The van der Waals surface area contributed by atoms with E-state index in [1.165, 1.54) is 0 Å². The fourth-order valence-electron chi connectivity index (χ4n) is 3.88. The SMILES string of the molecule is C=C(/C=c1\c(=C/N)[nH]c2ncc(-c3ccc(OCCCNC(=O)OC(C)(C)C)cc3)cc12)c1cccnc1. The van der Waals surface area contributed by atoms with Crippen LogP contribution in [0.25, 0.3) is 40.0 Å². The van der Waals surface area contributed by atoms with Gasteiger partial charge in [0, 0.05) is 47.5 Å². The molecular weight excluding hydrogens is 478 g/mol. The lowest BCUT2D eigenvalue weighted by Crippen LogP contribution is -2.33. The summed E-state index contributed by atoms with van der Waals surface area (Å²) in [6.07, 6.45) is 9.13. The molecule has 0 saturated carbocycles. The number of nitrogens with one attached hydrogen (secondary N) is 2. The average molecular weight is 512 g/mol. The highest BCUT2D eigenvalue weighted by molar-refractivity contribution is 5.92. The van der Waals surface area contributed by atoms with E-state index in [-0.39, 0.29) is 0 Å². The molecule has 4 rings (SSSR count). The summed E-state index contributed by atoms with van der Waals surface area (Å²) in [4.78, 5) is 23.8. The predicted molar refractivity (Wildman–Crippen MR) is 152 cm³/mol. The second-order valence-corrected chi connectivity index (χ2v) is 9.81. The first-order valence-electron chi connectivity index (χ1n) is 12.4. The molecule has 0 spiro atoms. The van der Waals surface area contributed by atoms with Crippen LogP contribution < -0.4 is 26.4 Å². The smallest absolute Gasteiger partial charge is 0.407 e. The van der Waals surface area contributed by atoms with Gasteiger partial charge in [-0.2, -0.15) is 0 Å². The van der Waals surface area contributed by atoms with E-state index in [0.29, 0.717) is 19.6 Å². The second-order valence-electron chi connectivity index (χ2n) is 9.81. The molecule has 0 fully saturated rings. The summed E-state index contributed by atoms with van der Waals surface area (Å²) in [5.41, 5.74) is 9.88. The molecule has 1 amide bonds. The summed E-state index contributed by atoms with van der Waals surface area (Å²) < 4.78 is 11.0. The van der Waals surface area contributed by atoms with Crippen LogP contribution in [0.15, 0.2) is 67.6 Å². The van der Waals surface area contributed by atoms with Gasteiger partial charge in [0.05, 0.1) is 12.0 Å². The van der Waals surface area contributed by atoms with Crippen LogP contribution in [0.1, 0.15) is 32.8 Å². The molecule has 4 aromatic rings. The molecule has 1 aromatic carbocycles. The molecule has 3 heterocycles. The van der Waals surface area contributed by atoms with Crippen LogP contribution in [0.4, 0.5) is 4.79 Å². The van der Waals surface area contributed by atoms with Crippen LogP contribution in [0.2, 0.25) is 0 Å². The minimum Gasteiger partial charge on any atom is -0.494 e. The number of nitrogens with zero attached hydrogens (tertiary/aromatic N) is 2. The van der Waals surface area contributed by atoms with E-state index in [0.717, 1.165) is 49.6 Å². The highest BCUT2D eigenvalue weighted by atomic mass is 16.6. The zero-order valence-electron chi connectivity index (χ0n) is 22.0. The molecule has 38 heavy (non-hydrogen) atoms. The molecule has 0 aliphatic carbocycles. The lowest BCUT2D eigenvalue weighted by Gasteiger charge is -2.19. The third-order valence-electron chi connectivity index (χ3n) is 5.68. The Morgan fingerprint density at radius 1 is 1.16 bits per heavy atom. The zero-order valence-corrected chi connectivity index (χ0v) is 22.0. The van der Waals surface area contributed by atoms with Gasteiger partial charge in [0.25, 0.3) is 0 Å². The summed E-state index contributed by atoms with van der Waals surface area (Å²) in [6, 6.07) is 13.8. The van der Waals surface area contributed by atoms with E-state index in [2.05, 4.69) is 32.9 Å². The maximum Gasteiger partial charge on any atom is 0.407 e. The number of alkyl carbamates (subject to hydrolysis) is 1. The van der Waals surface area contributed by atoms with Crippen molar-refractivity contribution in [3.8, 4) is 16.9 Å². The molecule has 196 valence electrons. The summed E-state index contributed by atoms with van der Waals surface area (Å²) >= 11 is 0. The maximum absolute atomic E-state index is 11.7. The lowest BCUT2D eigenvalue weighted by molar-refractivity contribution is 0.0525. The van der Waals surface area contributed by atoms with Gasteiger partial charge in [-0.25, -0.2) is 9.78 Å². The number of hydrogen-bond donors (Lipinski definition) is 3. The summed E-state index contributed by atoms with van der Waals surface area (Å²) in [7, 11) is 0. The number of ether oxygens (including phenoxy) is 2. The van der Waals surface area contributed by atoms with Crippen LogP contribution in [-0.4, -0.2) is 39.8 Å². The minimum absolute atomic E-state index is 0.423. The van der Waals surface area contributed by atoms with Gasteiger partial charge >= 0.3 is 6.09 Å². The maximum atomic E-state index is 11.7. The summed E-state index contributed by atoms with van der Waals surface area (Å²) in [5, 5.41) is 5.38. The molecule has 0 aliphatic rings. The van der Waals surface area contributed by atoms with Crippen molar-refractivity contribution in [1.82, 2.24) is 20.3 Å². The van der Waals surface area contributed by atoms with Gasteiger partial charge in [-0.1, -0.05) is 24.8 Å². The lowest BCUT2D eigenvalue weighted by atomic mass is 10.0. The van der Waals surface area contributed by atoms with E-state index < -0.39 is 11.7 Å². The third-order valence-corrected chi connectivity index (χ3v) is 5.68. The molecule has 0 atom stereocenters. The Morgan fingerprint density at radius 3 is 2.63 bits per heavy atom. The summed E-state index contributed by atoms with van der Waals surface area (Å²) in [5.74, 6) is 0.753. The van der Waals surface area contributed by atoms with Gasteiger partial charge in [-0.15, -0.1) is 0 Å². The van der Waals surface area contributed by atoms with Gasteiger partial charge < -0.3 is 25.5 Å². The predicted octanol–water partition coefficient (Wildman–Crippen LogP) is 4.11. The molecule has 3 aromatic heterocycles. The number of allylic oxidation sites excluding steroid dienone is 1. The number of benzene rings is 1. The number of carbonyl (C=O) groups excluding carboxylic acids is 1. The largest absolute Gasteiger partial charge is 0.494 e. The van der Waals surface area contributed by atoms with Gasteiger partial charge in [0.1, 0.15) is 17.0 Å². The van der Waals surface area contributed by atoms with Crippen LogP contribution in [0, 0.1) is 0 Å². The number of amides is 1. The van der Waals surface area contributed by atoms with Crippen molar-refractivity contribution in [3.05, 3.63) is 83.8 Å². The third kappa shape index (κ3) is 6.79. The highest BCUT2D eigenvalue weighted by Gasteiger charge is 2.15. The average Bonchev–Trinajstić information content (AvgIpc) is 3.25. The number of rotatable bonds is 8. The standard InChI is InChI=1S/C30H33N5O3/c1-20(22-7-5-12-32-18-22)15-25-26-16-23(19-34-28(26)35-27(25)17-31)21-8-10-24(11-9-21)37-14-6-13-33-29(36)38-30(2,3)4/h5,7-12,15-19H,1,6,13-14,31H2,2-4H3,(H,33,36)(H,34,35)/b25-15-,27-17+. The van der Waals surface area contributed by atoms with Crippen LogP contribution in [0.3, 0.4) is 0 Å². The summed E-state index contributed by atoms with van der Waals surface area (Å²) in [6.45, 7) is 10.7. The van der Waals surface area contributed by atoms with Crippen LogP contribution in [-0.2, 0) is 4.74 Å². The number of fused-ring (bicyclic) bond motifs is 1. The monoisotopic (exact) mass is 511 g/mol. The molecule has 0 radical (unpaired) electrons. The van der Waals surface area contributed by atoms with E-state index in [9.17, 15) is 4.79 Å². The molecular formula is C30H33N5O3. The molecule has 8 nitrogen and oxygen atoms in total. The number of nitrogens with two attached hydrogens (primary N) is 1. The molecule has 4 N–H and O–H groups in total. The minimum atomic E-state index is -0.511. The quantitative estimate of drug-likeness (QED) is 0.307. The normalized spacial score (nSPS) is 12.5. The fraction of sp³-hybridized carbons (Fsp3) is 0.233. The van der Waals surface area contributed by atoms with Gasteiger partial charge in [0.2, 0.25) is 0 Å². The Morgan fingerprint density at radius 2 is 1.95 bits per heavy atom. The van der Waals surface area contributed by atoms with Crippen molar-refractivity contribution in [2.24, 2.45) is 5.73 Å². The number of hydrogen-bond acceptors (Lipinski definition) is 6. The molecule has 8 heteroatoms. The first-order valence-corrected chi connectivity index (χ1v) is 12.4. The molecule has 0 bridgehead atoms. The van der Waals surface area contributed by atoms with Crippen LogP contribution >= 0.6 is 0 Å². The van der Waals surface area contributed by atoms with E-state index in [4.69, 9.17) is 15.2 Å². The Bertz CT molecular complexity index is 1540. The highest BCUT2D eigenvalue weighted by Crippen LogP contribution is 2.24. The Kier molecular flexibility index (Phi) is 8.11. The zero-order chi connectivity index (χ0) is 27.1. The van der Waals surface area contributed by atoms with Crippen molar-refractivity contribution < 1.29 is 14.3 Å². The Labute approximate surface area is 221 Å². The second kappa shape index (κ2) is 11.6. The number of aromatic amines is 1. The van der Waals surface area contributed by atoms with Crippen molar-refractivity contribution in [2.45, 2.75) is 32.8 Å². The van der Waals surface area contributed by atoms with Crippen LogP contribution in [0.5, 0.6) is 5.75 Å². The Hall–Kier alpha value is -4.59. The van der Waals surface area contributed by atoms with Crippen molar-refractivity contribution in [1.29, 1.82) is 0 Å². The number of H-pyrrole nitrogens is 1. The van der Waals surface area contributed by atoms with E-state index in [1.807, 2.05) is 69.4 Å². The van der Waals surface area contributed by atoms with Crippen molar-refractivity contribution >= 4 is 35.0 Å². The topological polar surface area (TPSA) is 115 Å². The van der Waals surface area contributed by atoms with Gasteiger partial charge in [-0.3, -0.25) is 4.98 Å². The van der Waals surface area contributed by atoms with Gasteiger partial charge in [-0.05, 0) is 74.2 Å². The number of aromatic nitrogens is 3. The van der Waals surface area contributed by atoms with Gasteiger partial charge in [0.15, 0.2) is 0 Å². The molecule has 0 saturated heterocycles. The van der Waals surface area contributed by atoms with Crippen molar-refractivity contribution in [2.75, 3.05) is 13.2 Å². The first-order chi connectivity index (χ1) is 18.2. The van der Waals surface area contributed by atoms with E-state index >= 15 is 0 Å².